The van der Waals surface area contributed by atoms with E-state index in [1.807, 2.05) is 6.92 Å². The van der Waals surface area contributed by atoms with E-state index in [4.69, 9.17) is 9.47 Å². The maximum absolute atomic E-state index is 9.55. The summed E-state index contributed by atoms with van der Waals surface area (Å²) in [5, 5.41) is 12.7. The van der Waals surface area contributed by atoms with E-state index in [2.05, 4.69) is 19.2 Å². The van der Waals surface area contributed by atoms with E-state index < -0.39 is 6.10 Å². The smallest absolute Gasteiger partial charge is 0.0897 e. The molecule has 2 unspecified atom stereocenters. The summed E-state index contributed by atoms with van der Waals surface area (Å²) in [6, 6.07) is 0.259. The van der Waals surface area contributed by atoms with Crippen molar-refractivity contribution in [2.75, 3.05) is 33.5 Å². The van der Waals surface area contributed by atoms with Crippen LogP contribution >= 0.6 is 0 Å². The molecule has 15 heavy (non-hydrogen) atoms. The number of hydrogen-bond acceptors (Lipinski definition) is 4. The third-order valence-corrected chi connectivity index (χ3v) is 1.88. The second-order valence-electron chi connectivity index (χ2n) is 4.35. The molecule has 0 aliphatic carbocycles. The van der Waals surface area contributed by atoms with Gasteiger partial charge in [-0.2, -0.15) is 0 Å². The highest BCUT2D eigenvalue weighted by atomic mass is 16.5. The quantitative estimate of drug-likeness (QED) is 0.597. The SMILES string of the molecule is COCC(C)NCC(O)COCC(C)C. The van der Waals surface area contributed by atoms with Crippen LogP contribution in [0, 0.1) is 5.92 Å². The molecule has 0 aromatic carbocycles. The molecular weight excluding hydrogens is 194 g/mol. The summed E-state index contributed by atoms with van der Waals surface area (Å²) in [6.45, 7) is 8.49. The molecule has 0 aromatic heterocycles. The Bertz CT molecular complexity index is 142. The van der Waals surface area contributed by atoms with Crippen LogP contribution in [0.15, 0.2) is 0 Å². The Morgan fingerprint density at radius 2 is 1.80 bits per heavy atom. The molecule has 0 aliphatic rings. The number of hydrogen-bond donors (Lipinski definition) is 2. The van der Waals surface area contributed by atoms with Crippen LogP contribution in [0.25, 0.3) is 0 Å². The van der Waals surface area contributed by atoms with Gasteiger partial charge in [-0.05, 0) is 12.8 Å². The molecule has 0 saturated carbocycles. The van der Waals surface area contributed by atoms with Gasteiger partial charge in [0, 0.05) is 26.3 Å². The molecule has 0 saturated heterocycles. The zero-order chi connectivity index (χ0) is 11.7. The molecule has 2 atom stereocenters. The Morgan fingerprint density at radius 3 is 2.33 bits per heavy atom. The molecule has 0 bridgehead atoms. The standard InChI is InChI=1S/C11H25NO3/c1-9(2)6-15-8-11(13)5-12-10(3)7-14-4/h9-13H,5-8H2,1-4H3. The van der Waals surface area contributed by atoms with Gasteiger partial charge in [-0.15, -0.1) is 0 Å². The lowest BCUT2D eigenvalue weighted by Crippen LogP contribution is -2.38. The van der Waals surface area contributed by atoms with Gasteiger partial charge >= 0.3 is 0 Å². The molecule has 4 nitrogen and oxygen atoms in total. The Kier molecular flexibility index (Phi) is 9.00. The summed E-state index contributed by atoms with van der Waals surface area (Å²) in [6.07, 6.45) is -0.442. The van der Waals surface area contributed by atoms with Gasteiger partial charge in [0.25, 0.3) is 0 Å². The van der Waals surface area contributed by atoms with Gasteiger partial charge in [-0.25, -0.2) is 0 Å². The van der Waals surface area contributed by atoms with E-state index in [-0.39, 0.29) is 6.04 Å². The number of aliphatic hydroxyl groups excluding tert-OH is 1. The molecule has 0 radical (unpaired) electrons. The van der Waals surface area contributed by atoms with Crippen LogP contribution in [0.1, 0.15) is 20.8 Å². The first-order chi connectivity index (χ1) is 7.06. The largest absolute Gasteiger partial charge is 0.389 e. The molecule has 2 N–H and O–H groups in total. The van der Waals surface area contributed by atoms with Crippen LogP contribution in [0.2, 0.25) is 0 Å². The molecule has 0 amide bonds. The second-order valence-corrected chi connectivity index (χ2v) is 4.35. The Hall–Kier alpha value is -0.160. The molecule has 0 heterocycles. The van der Waals surface area contributed by atoms with E-state index >= 15 is 0 Å². The molecule has 0 aliphatic heterocycles. The number of ether oxygens (including phenoxy) is 2. The van der Waals surface area contributed by atoms with E-state index in [0.29, 0.717) is 32.3 Å². The van der Waals surface area contributed by atoms with E-state index in [9.17, 15) is 5.11 Å². The zero-order valence-electron chi connectivity index (χ0n) is 10.3. The van der Waals surface area contributed by atoms with Gasteiger partial charge in [0.1, 0.15) is 0 Å². The third kappa shape index (κ3) is 10.1. The lowest BCUT2D eigenvalue weighted by atomic mass is 10.2. The van der Waals surface area contributed by atoms with Gasteiger partial charge in [-0.3, -0.25) is 0 Å². The minimum Gasteiger partial charge on any atom is -0.389 e. The predicted octanol–water partition coefficient (Wildman–Crippen LogP) is 0.644. The highest BCUT2D eigenvalue weighted by Crippen LogP contribution is 1.94. The summed E-state index contributed by atoms with van der Waals surface area (Å²) < 4.78 is 10.3. The number of nitrogens with one attached hydrogen (secondary N) is 1. The molecule has 0 aromatic rings. The van der Waals surface area contributed by atoms with Crippen molar-refractivity contribution in [2.24, 2.45) is 5.92 Å². The Morgan fingerprint density at radius 1 is 1.13 bits per heavy atom. The number of rotatable bonds is 9. The van der Waals surface area contributed by atoms with Gasteiger partial charge in [-0.1, -0.05) is 13.8 Å². The van der Waals surface area contributed by atoms with Crippen molar-refractivity contribution in [1.82, 2.24) is 5.32 Å². The summed E-state index contributed by atoms with van der Waals surface area (Å²) in [5.74, 6) is 0.512. The van der Waals surface area contributed by atoms with E-state index in [0.717, 1.165) is 0 Å². The molecule has 0 spiro atoms. The van der Waals surface area contributed by atoms with Crippen molar-refractivity contribution in [3.8, 4) is 0 Å². The predicted molar refractivity (Wildman–Crippen MR) is 61.0 cm³/mol. The van der Waals surface area contributed by atoms with E-state index in [1.54, 1.807) is 7.11 Å². The Balaban J connectivity index is 3.36. The van der Waals surface area contributed by atoms with Crippen molar-refractivity contribution in [1.29, 1.82) is 0 Å². The normalized spacial score (nSPS) is 15.6. The first kappa shape index (κ1) is 14.8. The van der Waals surface area contributed by atoms with Crippen molar-refractivity contribution < 1.29 is 14.6 Å². The third-order valence-electron chi connectivity index (χ3n) is 1.88. The van der Waals surface area contributed by atoms with Crippen LogP contribution in [-0.4, -0.2) is 50.7 Å². The minimum absolute atomic E-state index is 0.259. The molecule has 0 fully saturated rings. The van der Waals surface area contributed by atoms with Gasteiger partial charge in [0.2, 0.25) is 0 Å². The van der Waals surface area contributed by atoms with Crippen molar-refractivity contribution in [3.05, 3.63) is 0 Å². The fourth-order valence-corrected chi connectivity index (χ4v) is 1.14. The fraction of sp³-hybridized carbons (Fsp3) is 1.00. The molecule has 92 valence electrons. The second kappa shape index (κ2) is 9.09. The van der Waals surface area contributed by atoms with Gasteiger partial charge < -0.3 is 19.9 Å². The number of methoxy groups -OCH3 is 1. The zero-order valence-corrected chi connectivity index (χ0v) is 10.3. The minimum atomic E-state index is -0.442. The lowest BCUT2D eigenvalue weighted by molar-refractivity contribution is 0.0238. The van der Waals surface area contributed by atoms with E-state index in [1.165, 1.54) is 0 Å². The Labute approximate surface area is 93.0 Å². The van der Waals surface area contributed by atoms with Crippen molar-refractivity contribution in [2.45, 2.75) is 32.9 Å². The molecule has 4 heteroatoms. The summed E-state index contributed by atoms with van der Waals surface area (Å²) in [5.41, 5.74) is 0. The fourth-order valence-electron chi connectivity index (χ4n) is 1.14. The summed E-state index contributed by atoms with van der Waals surface area (Å²) >= 11 is 0. The molecule has 0 rings (SSSR count). The average Bonchev–Trinajstić information content (AvgIpc) is 2.14. The lowest BCUT2D eigenvalue weighted by Gasteiger charge is -2.17. The van der Waals surface area contributed by atoms with Crippen LogP contribution in [0.5, 0.6) is 0 Å². The number of aliphatic hydroxyl groups is 1. The maximum atomic E-state index is 9.55. The topological polar surface area (TPSA) is 50.7 Å². The first-order valence-corrected chi connectivity index (χ1v) is 5.54. The van der Waals surface area contributed by atoms with Gasteiger partial charge in [0.15, 0.2) is 0 Å². The van der Waals surface area contributed by atoms with Crippen LogP contribution in [0.3, 0.4) is 0 Å². The summed E-state index contributed by atoms with van der Waals surface area (Å²) in [4.78, 5) is 0. The summed E-state index contributed by atoms with van der Waals surface area (Å²) in [7, 11) is 1.67. The van der Waals surface area contributed by atoms with Crippen molar-refractivity contribution >= 4 is 0 Å². The highest BCUT2D eigenvalue weighted by Gasteiger charge is 2.07. The highest BCUT2D eigenvalue weighted by molar-refractivity contribution is 4.64. The van der Waals surface area contributed by atoms with Crippen molar-refractivity contribution in [3.63, 3.8) is 0 Å². The molecular formula is C11H25NO3. The first-order valence-electron chi connectivity index (χ1n) is 5.54. The van der Waals surface area contributed by atoms with Gasteiger partial charge in [0.05, 0.1) is 19.3 Å². The van der Waals surface area contributed by atoms with Crippen LogP contribution in [-0.2, 0) is 9.47 Å². The average molecular weight is 219 g/mol. The monoisotopic (exact) mass is 219 g/mol. The maximum Gasteiger partial charge on any atom is 0.0897 e. The van der Waals surface area contributed by atoms with Crippen LogP contribution < -0.4 is 5.32 Å². The van der Waals surface area contributed by atoms with Crippen LogP contribution in [0.4, 0.5) is 0 Å².